The average Bonchev–Trinajstić information content (AvgIpc) is 3.36. The monoisotopic (exact) mass is 498 g/mol. The molecule has 1 aromatic carbocycles. The fraction of sp³-hybridized carbons (Fsp3) is 0.607. The third-order valence-corrected chi connectivity index (χ3v) is 7.91. The lowest BCUT2D eigenvalue weighted by molar-refractivity contribution is 0.0193. The van der Waals surface area contributed by atoms with Crippen LogP contribution in [0.25, 0.3) is 0 Å². The van der Waals surface area contributed by atoms with Gasteiger partial charge in [0.05, 0.1) is 38.5 Å². The SMILES string of the molecule is OCCOCCOCC1CCN(c2ccnc(N3CC[C@@H]4[C@H]3CCCN4c3cccc(F)c3)c2)CC1. The number of halogens is 1. The minimum Gasteiger partial charge on any atom is -0.394 e. The van der Waals surface area contributed by atoms with Crippen molar-refractivity contribution in [3.05, 3.63) is 48.4 Å². The fourth-order valence-corrected chi connectivity index (χ4v) is 6.10. The highest BCUT2D eigenvalue weighted by molar-refractivity contribution is 5.58. The molecule has 0 radical (unpaired) electrons. The van der Waals surface area contributed by atoms with Gasteiger partial charge in [0.2, 0.25) is 0 Å². The second kappa shape index (κ2) is 12.2. The molecule has 3 aliphatic heterocycles. The molecule has 8 heteroatoms. The molecule has 4 heterocycles. The van der Waals surface area contributed by atoms with E-state index in [2.05, 4.69) is 26.8 Å². The van der Waals surface area contributed by atoms with E-state index < -0.39 is 0 Å². The minimum absolute atomic E-state index is 0.0571. The lowest BCUT2D eigenvalue weighted by Crippen LogP contribution is -2.50. The summed E-state index contributed by atoms with van der Waals surface area (Å²) < 4.78 is 24.9. The molecule has 2 atom stereocenters. The topological polar surface area (TPSA) is 61.3 Å². The van der Waals surface area contributed by atoms with Crippen molar-refractivity contribution >= 4 is 17.2 Å². The van der Waals surface area contributed by atoms with Crippen molar-refractivity contribution in [1.82, 2.24) is 4.98 Å². The van der Waals surface area contributed by atoms with Crippen molar-refractivity contribution < 1.29 is 19.0 Å². The summed E-state index contributed by atoms with van der Waals surface area (Å²) in [6.07, 6.45) is 7.52. The number of piperidine rings is 2. The number of pyridine rings is 1. The van der Waals surface area contributed by atoms with Crippen LogP contribution in [-0.4, -0.2) is 81.4 Å². The molecule has 0 saturated carbocycles. The molecule has 0 spiro atoms. The van der Waals surface area contributed by atoms with E-state index in [1.54, 1.807) is 6.07 Å². The highest BCUT2D eigenvalue weighted by atomic mass is 19.1. The molecule has 3 saturated heterocycles. The fourth-order valence-electron chi connectivity index (χ4n) is 6.10. The van der Waals surface area contributed by atoms with E-state index in [1.165, 1.54) is 11.8 Å². The first kappa shape index (κ1) is 25.2. The van der Waals surface area contributed by atoms with Crippen LogP contribution in [0.15, 0.2) is 42.6 Å². The van der Waals surface area contributed by atoms with Gasteiger partial charge < -0.3 is 29.3 Å². The predicted molar refractivity (Wildman–Crippen MR) is 140 cm³/mol. The van der Waals surface area contributed by atoms with Gasteiger partial charge in [-0.2, -0.15) is 0 Å². The molecule has 7 nitrogen and oxygen atoms in total. The van der Waals surface area contributed by atoms with E-state index in [9.17, 15) is 4.39 Å². The van der Waals surface area contributed by atoms with E-state index in [-0.39, 0.29) is 12.4 Å². The van der Waals surface area contributed by atoms with Crippen LogP contribution in [0.1, 0.15) is 32.1 Å². The molecule has 0 bridgehead atoms. The lowest BCUT2D eigenvalue weighted by atomic mass is 9.96. The summed E-state index contributed by atoms with van der Waals surface area (Å²) in [6, 6.07) is 12.2. The second-order valence-electron chi connectivity index (χ2n) is 10.1. The molecule has 196 valence electrons. The van der Waals surface area contributed by atoms with E-state index >= 15 is 0 Å². The van der Waals surface area contributed by atoms with Crippen LogP contribution < -0.4 is 14.7 Å². The van der Waals surface area contributed by atoms with Gasteiger partial charge in [-0.25, -0.2) is 9.37 Å². The first-order valence-corrected chi connectivity index (χ1v) is 13.5. The number of hydrogen-bond donors (Lipinski definition) is 1. The Bertz CT molecular complexity index is 971. The Labute approximate surface area is 213 Å². The van der Waals surface area contributed by atoms with Crippen LogP contribution in [0.5, 0.6) is 0 Å². The zero-order chi connectivity index (χ0) is 24.7. The van der Waals surface area contributed by atoms with Crippen LogP contribution in [0.4, 0.5) is 21.6 Å². The van der Waals surface area contributed by atoms with Gasteiger partial charge in [-0.05, 0) is 62.3 Å². The Morgan fingerprint density at radius 2 is 1.69 bits per heavy atom. The highest BCUT2D eigenvalue weighted by Gasteiger charge is 2.41. The molecular weight excluding hydrogens is 459 g/mol. The molecule has 0 aliphatic carbocycles. The largest absolute Gasteiger partial charge is 0.394 e. The molecule has 1 N–H and O–H groups in total. The second-order valence-corrected chi connectivity index (χ2v) is 10.1. The summed E-state index contributed by atoms with van der Waals surface area (Å²) in [5.41, 5.74) is 2.25. The standard InChI is InChI=1S/C28H39FN4O3/c29-23-3-1-4-25(19-23)32-11-2-5-26-27(32)9-14-33(26)28-20-24(6-10-30-28)31-12-7-22(8-13-31)21-36-18-17-35-16-15-34/h1,3-4,6,10,19-20,22,26-27,34H,2,5,7-9,11-18,21H2/t26-,27-/m1/s1. The minimum atomic E-state index is -0.166. The van der Waals surface area contributed by atoms with Gasteiger partial charge in [0.25, 0.3) is 0 Å². The van der Waals surface area contributed by atoms with Crippen molar-refractivity contribution in [3.63, 3.8) is 0 Å². The van der Waals surface area contributed by atoms with Crippen LogP contribution in [-0.2, 0) is 9.47 Å². The molecule has 36 heavy (non-hydrogen) atoms. The van der Waals surface area contributed by atoms with Crippen molar-refractivity contribution in [2.45, 2.75) is 44.2 Å². The third kappa shape index (κ3) is 5.93. The maximum atomic E-state index is 13.9. The van der Waals surface area contributed by atoms with E-state index in [1.807, 2.05) is 18.3 Å². The summed E-state index contributed by atoms with van der Waals surface area (Å²) in [6.45, 7) is 6.35. The number of aliphatic hydroxyl groups is 1. The molecule has 0 unspecified atom stereocenters. The first-order valence-electron chi connectivity index (χ1n) is 13.5. The maximum absolute atomic E-state index is 13.9. The lowest BCUT2D eigenvalue weighted by Gasteiger charge is -2.41. The Kier molecular flexibility index (Phi) is 8.56. The number of hydrogen-bond acceptors (Lipinski definition) is 7. The maximum Gasteiger partial charge on any atom is 0.130 e. The Balaban J connectivity index is 1.16. The normalized spacial score (nSPS) is 22.8. The van der Waals surface area contributed by atoms with Crippen molar-refractivity contribution in [2.75, 3.05) is 73.9 Å². The summed E-state index contributed by atoms with van der Waals surface area (Å²) in [4.78, 5) is 12.1. The van der Waals surface area contributed by atoms with Crippen LogP contribution in [0, 0.1) is 11.7 Å². The van der Waals surface area contributed by atoms with E-state index in [4.69, 9.17) is 19.6 Å². The molecule has 1 aromatic heterocycles. The summed E-state index contributed by atoms with van der Waals surface area (Å²) >= 11 is 0. The van der Waals surface area contributed by atoms with Crippen LogP contribution in [0.3, 0.4) is 0 Å². The number of aromatic nitrogens is 1. The summed E-state index contributed by atoms with van der Waals surface area (Å²) in [7, 11) is 0. The average molecular weight is 499 g/mol. The number of aliphatic hydroxyl groups excluding tert-OH is 1. The molecule has 3 fully saturated rings. The summed E-state index contributed by atoms with van der Waals surface area (Å²) in [5, 5.41) is 8.75. The Morgan fingerprint density at radius 1 is 0.861 bits per heavy atom. The van der Waals surface area contributed by atoms with Gasteiger partial charge in [-0.15, -0.1) is 0 Å². The molecular formula is C28H39FN4O3. The first-order chi connectivity index (χ1) is 17.7. The number of ether oxygens (including phenoxy) is 2. The van der Waals surface area contributed by atoms with Crippen molar-refractivity contribution in [3.8, 4) is 0 Å². The van der Waals surface area contributed by atoms with Gasteiger partial charge in [-0.1, -0.05) is 6.07 Å². The van der Waals surface area contributed by atoms with Gasteiger partial charge in [-0.3, -0.25) is 0 Å². The number of rotatable bonds is 10. The molecule has 0 amide bonds. The van der Waals surface area contributed by atoms with Crippen LogP contribution >= 0.6 is 0 Å². The zero-order valence-electron chi connectivity index (χ0n) is 21.1. The van der Waals surface area contributed by atoms with Crippen LogP contribution in [0.2, 0.25) is 0 Å². The number of fused-ring (bicyclic) bond motifs is 1. The van der Waals surface area contributed by atoms with Crippen molar-refractivity contribution in [1.29, 1.82) is 0 Å². The highest BCUT2D eigenvalue weighted by Crippen LogP contribution is 2.37. The number of anilines is 3. The van der Waals surface area contributed by atoms with Gasteiger partial charge >= 0.3 is 0 Å². The number of nitrogens with zero attached hydrogens (tertiary/aromatic N) is 4. The van der Waals surface area contributed by atoms with Crippen molar-refractivity contribution in [2.24, 2.45) is 5.92 Å². The smallest absolute Gasteiger partial charge is 0.130 e. The predicted octanol–water partition coefficient (Wildman–Crippen LogP) is 3.71. The van der Waals surface area contributed by atoms with Gasteiger partial charge in [0.1, 0.15) is 11.6 Å². The number of benzene rings is 1. The Morgan fingerprint density at radius 3 is 2.53 bits per heavy atom. The van der Waals surface area contributed by atoms with Gasteiger partial charge in [0.15, 0.2) is 0 Å². The molecule has 3 aliphatic rings. The Hall–Kier alpha value is -2.42. The van der Waals surface area contributed by atoms with E-state index in [0.717, 1.165) is 76.4 Å². The third-order valence-electron chi connectivity index (χ3n) is 7.91. The van der Waals surface area contributed by atoms with Gasteiger partial charge in [0, 0.05) is 56.4 Å². The molecule has 5 rings (SSSR count). The quantitative estimate of drug-likeness (QED) is 0.501. The van der Waals surface area contributed by atoms with E-state index in [0.29, 0.717) is 37.8 Å². The summed E-state index contributed by atoms with van der Waals surface area (Å²) in [5.74, 6) is 1.48. The molecule has 2 aromatic rings. The zero-order valence-corrected chi connectivity index (χ0v) is 21.1.